The highest BCUT2D eigenvalue weighted by molar-refractivity contribution is 9.10. The fourth-order valence-corrected chi connectivity index (χ4v) is 0.963. The normalized spacial score (nSPS) is 9.42. The van der Waals surface area contributed by atoms with Gasteiger partial charge in [0.15, 0.2) is 6.61 Å². The van der Waals surface area contributed by atoms with Crippen LogP contribution in [0.1, 0.15) is 0 Å². The SMILES string of the molecule is O=C(O)COc1ccnc(Br)c1. The molecule has 1 aromatic rings. The summed E-state index contributed by atoms with van der Waals surface area (Å²) in [6, 6.07) is 3.19. The van der Waals surface area contributed by atoms with Gasteiger partial charge in [0.25, 0.3) is 0 Å². The minimum atomic E-state index is -0.997. The van der Waals surface area contributed by atoms with E-state index < -0.39 is 5.97 Å². The van der Waals surface area contributed by atoms with Crippen LogP contribution in [0.4, 0.5) is 0 Å². The highest BCUT2D eigenvalue weighted by Gasteiger charge is 1.98. The number of ether oxygens (including phenoxy) is 1. The smallest absolute Gasteiger partial charge is 0.341 e. The highest BCUT2D eigenvalue weighted by Crippen LogP contribution is 2.14. The molecule has 64 valence electrons. The van der Waals surface area contributed by atoms with Crippen molar-refractivity contribution in [2.45, 2.75) is 0 Å². The summed E-state index contributed by atoms with van der Waals surface area (Å²) in [7, 11) is 0. The molecule has 0 aliphatic carbocycles. The molecular weight excluding hydrogens is 226 g/mol. The minimum absolute atomic E-state index is 0.337. The maximum absolute atomic E-state index is 10.1. The van der Waals surface area contributed by atoms with Gasteiger partial charge in [-0.1, -0.05) is 0 Å². The topological polar surface area (TPSA) is 59.4 Å². The second-order valence-electron chi connectivity index (χ2n) is 2.00. The standard InChI is InChI=1S/C7H6BrNO3/c8-6-3-5(1-2-9-6)12-4-7(10)11/h1-3H,4H2,(H,10,11). The fraction of sp³-hybridized carbons (Fsp3) is 0.143. The Bertz CT molecular complexity index is 290. The van der Waals surface area contributed by atoms with Crippen molar-refractivity contribution in [2.75, 3.05) is 6.61 Å². The second kappa shape index (κ2) is 4.06. The maximum atomic E-state index is 10.1. The number of aliphatic carboxylic acids is 1. The molecule has 0 radical (unpaired) electrons. The Balaban J connectivity index is 2.57. The third kappa shape index (κ3) is 2.87. The lowest BCUT2D eigenvalue weighted by Crippen LogP contribution is -2.09. The van der Waals surface area contributed by atoms with Crippen LogP contribution in [0.15, 0.2) is 22.9 Å². The Morgan fingerprint density at radius 3 is 3.08 bits per heavy atom. The van der Waals surface area contributed by atoms with Gasteiger partial charge in [-0.25, -0.2) is 9.78 Å². The Morgan fingerprint density at radius 2 is 2.50 bits per heavy atom. The summed E-state index contributed by atoms with van der Waals surface area (Å²) in [6.07, 6.45) is 1.53. The van der Waals surface area contributed by atoms with E-state index >= 15 is 0 Å². The van der Waals surface area contributed by atoms with E-state index in [2.05, 4.69) is 20.9 Å². The van der Waals surface area contributed by atoms with Gasteiger partial charge in [0.2, 0.25) is 0 Å². The lowest BCUT2D eigenvalue weighted by Gasteiger charge is -2.01. The first-order valence-electron chi connectivity index (χ1n) is 3.14. The largest absolute Gasteiger partial charge is 0.482 e. The van der Waals surface area contributed by atoms with Crippen molar-refractivity contribution in [3.63, 3.8) is 0 Å². The first-order valence-corrected chi connectivity index (χ1v) is 3.94. The lowest BCUT2D eigenvalue weighted by molar-refractivity contribution is -0.139. The van der Waals surface area contributed by atoms with Crippen LogP contribution < -0.4 is 4.74 Å². The number of carbonyl (C=O) groups is 1. The summed E-state index contributed by atoms with van der Waals surface area (Å²) < 4.78 is 5.49. The second-order valence-corrected chi connectivity index (χ2v) is 2.81. The Kier molecular flexibility index (Phi) is 3.04. The number of nitrogens with zero attached hydrogens (tertiary/aromatic N) is 1. The molecule has 0 aromatic carbocycles. The van der Waals surface area contributed by atoms with Crippen LogP contribution in [-0.4, -0.2) is 22.7 Å². The molecule has 0 aliphatic rings. The van der Waals surface area contributed by atoms with E-state index in [1.165, 1.54) is 6.20 Å². The molecule has 0 saturated heterocycles. The molecule has 0 bridgehead atoms. The van der Waals surface area contributed by atoms with Gasteiger partial charge >= 0.3 is 5.97 Å². The quantitative estimate of drug-likeness (QED) is 0.798. The van der Waals surface area contributed by atoms with Crippen LogP contribution in [0, 0.1) is 0 Å². The average Bonchev–Trinajstić information content (AvgIpc) is 2.01. The predicted octanol–water partition coefficient (Wildman–Crippen LogP) is 1.31. The maximum Gasteiger partial charge on any atom is 0.341 e. The zero-order valence-electron chi connectivity index (χ0n) is 6.03. The van der Waals surface area contributed by atoms with Crippen molar-refractivity contribution in [3.05, 3.63) is 22.9 Å². The minimum Gasteiger partial charge on any atom is -0.482 e. The summed E-state index contributed by atoms with van der Waals surface area (Å²) in [5, 5.41) is 8.29. The van der Waals surface area contributed by atoms with E-state index in [4.69, 9.17) is 9.84 Å². The molecule has 1 aromatic heterocycles. The van der Waals surface area contributed by atoms with Crippen molar-refractivity contribution >= 4 is 21.9 Å². The molecule has 0 aliphatic heterocycles. The summed E-state index contributed by atoms with van der Waals surface area (Å²) in [5.74, 6) is -0.512. The molecule has 0 saturated carbocycles. The number of halogens is 1. The first kappa shape index (κ1) is 8.99. The number of hydrogen-bond acceptors (Lipinski definition) is 3. The molecule has 4 nitrogen and oxygen atoms in total. The zero-order valence-corrected chi connectivity index (χ0v) is 7.61. The number of carboxylic acids is 1. The van der Waals surface area contributed by atoms with E-state index in [-0.39, 0.29) is 6.61 Å². The van der Waals surface area contributed by atoms with Gasteiger partial charge in [0, 0.05) is 12.3 Å². The Morgan fingerprint density at radius 1 is 1.75 bits per heavy atom. The van der Waals surface area contributed by atoms with E-state index in [0.29, 0.717) is 10.4 Å². The Labute approximate surface area is 77.3 Å². The number of aromatic nitrogens is 1. The number of hydrogen-bond donors (Lipinski definition) is 1. The van der Waals surface area contributed by atoms with Crippen LogP contribution in [0.2, 0.25) is 0 Å². The summed E-state index contributed by atoms with van der Waals surface area (Å²) in [6.45, 7) is -0.337. The van der Waals surface area contributed by atoms with Gasteiger partial charge in [-0.15, -0.1) is 0 Å². The highest BCUT2D eigenvalue weighted by atomic mass is 79.9. The van der Waals surface area contributed by atoms with Crippen LogP contribution in [0.25, 0.3) is 0 Å². The van der Waals surface area contributed by atoms with E-state index in [0.717, 1.165) is 0 Å². The molecule has 0 spiro atoms. The van der Waals surface area contributed by atoms with Gasteiger partial charge in [-0.05, 0) is 22.0 Å². The van der Waals surface area contributed by atoms with Crippen molar-refractivity contribution in [3.8, 4) is 5.75 Å². The van der Waals surface area contributed by atoms with Crippen molar-refractivity contribution < 1.29 is 14.6 Å². The number of pyridine rings is 1. The first-order chi connectivity index (χ1) is 5.68. The molecule has 0 amide bonds. The van der Waals surface area contributed by atoms with Gasteiger partial charge in [-0.2, -0.15) is 0 Å². The lowest BCUT2D eigenvalue weighted by atomic mass is 10.4. The van der Waals surface area contributed by atoms with Crippen molar-refractivity contribution in [1.29, 1.82) is 0 Å². The fourth-order valence-electron chi connectivity index (χ4n) is 0.620. The molecule has 12 heavy (non-hydrogen) atoms. The molecule has 0 atom stereocenters. The van der Waals surface area contributed by atoms with Crippen LogP contribution >= 0.6 is 15.9 Å². The third-order valence-corrected chi connectivity index (χ3v) is 1.49. The summed E-state index contributed by atoms with van der Waals surface area (Å²) in [5.41, 5.74) is 0. The molecule has 1 heterocycles. The van der Waals surface area contributed by atoms with Crippen LogP contribution in [0.3, 0.4) is 0 Å². The third-order valence-electron chi connectivity index (χ3n) is 1.06. The number of rotatable bonds is 3. The van der Waals surface area contributed by atoms with Gasteiger partial charge in [-0.3, -0.25) is 0 Å². The summed E-state index contributed by atoms with van der Waals surface area (Å²) >= 11 is 3.13. The molecule has 1 rings (SSSR count). The average molecular weight is 232 g/mol. The summed E-state index contributed by atoms with van der Waals surface area (Å²) in [4.78, 5) is 14.0. The van der Waals surface area contributed by atoms with E-state index in [1.54, 1.807) is 12.1 Å². The van der Waals surface area contributed by atoms with Gasteiger partial charge in [0.1, 0.15) is 10.4 Å². The molecular formula is C7H6BrNO3. The molecule has 5 heteroatoms. The predicted molar refractivity (Wildman–Crippen MR) is 45.1 cm³/mol. The van der Waals surface area contributed by atoms with E-state index in [1.807, 2.05) is 0 Å². The molecule has 0 fully saturated rings. The van der Waals surface area contributed by atoms with Crippen molar-refractivity contribution in [2.24, 2.45) is 0 Å². The van der Waals surface area contributed by atoms with Gasteiger partial charge in [0.05, 0.1) is 0 Å². The van der Waals surface area contributed by atoms with Crippen LogP contribution in [0.5, 0.6) is 5.75 Å². The molecule has 1 N–H and O–H groups in total. The van der Waals surface area contributed by atoms with Gasteiger partial charge < -0.3 is 9.84 Å². The number of carboxylic acid groups (broad SMARTS) is 1. The van der Waals surface area contributed by atoms with Crippen LogP contribution in [-0.2, 0) is 4.79 Å². The van der Waals surface area contributed by atoms with Crippen molar-refractivity contribution in [1.82, 2.24) is 4.98 Å². The molecule has 0 unspecified atom stereocenters. The monoisotopic (exact) mass is 231 g/mol. The Hall–Kier alpha value is -1.10. The zero-order chi connectivity index (χ0) is 8.97. The van der Waals surface area contributed by atoms with E-state index in [9.17, 15) is 4.79 Å².